The molecule has 1 amide bonds. The van der Waals surface area contributed by atoms with Gasteiger partial charge in [-0.1, -0.05) is 35.6 Å². The SMILES string of the molecule is O=C1/C(=C\c2ccc(-c3ccc(Cl)cc3[N+](=O)[O-])o2)SC(=S)N1c1ccc2c(c1)OCO2. The molecule has 1 saturated heterocycles. The van der Waals surface area contributed by atoms with E-state index in [0.29, 0.717) is 32.2 Å². The molecule has 8 nitrogen and oxygen atoms in total. The first-order chi connectivity index (χ1) is 15.4. The molecule has 1 fully saturated rings. The summed E-state index contributed by atoms with van der Waals surface area (Å²) in [5.41, 5.74) is 0.677. The van der Waals surface area contributed by atoms with Crippen LogP contribution in [-0.4, -0.2) is 21.9 Å². The minimum Gasteiger partial charge on any atom is -0.456 e. The Bertz CT molecular complexity index is 1340. The van der Waals surface area contributed by atoms with E-state index in [1.165, 1.54) is 17.0 Å². The van der Waals surface area contributed by atoms with Crippen molar-refractivity contribution in [3.8, 4) is 22.8 Å². The lowest BCUT2D eigenvalue weighted by Gasteiger charge is -2.14. The fourth-order valence-corrected chi connectivity index (χ4v) is 4.73. The van der Waals surface area contributed by atoms with E-state index in [-0.39, 0.29) is 34.7 Å². The number of carbonyl (C=O) groups excluding carboxylic acids is 1. The molecule has 5 rings (SSSR count). The van der Waals surface area contributed by atoms with Gasteiger partial charge < -0.3 is 13.9 Å². The second-order valence-electron chi connectivity index (χ2n) is 6.68. The molecule has 160 valence electrons. The Hall–Kier alpha value is -3.34. The molecule has 2 aromatic carbocycles. The van der Waals surface area contributed by atoms with Crippen LogP contribution in [-0.2, 0) is 4.79 Å². The molecule has 1 aromatic heterocycles. The number of hydrogen-bond donors (Lipinski definition) is 0. The van der Waals surface area contributed by atoms with Gasteiger partial charge >= 0.3 is 0 Å². The van der Waals surface area contributed by atoms with Crippen LogP contribution in [0.4, 0.5) is 11.4 Å². The fourth-order valence-electron chi connectivity index (χ4n) is 3.28. The normalized spacial score (nSPS) is 16.3. The Balaban J connectivity index is 1.43. The summed E-state index contributed by atoms with van der Waals surface area (Å²) < 4.78 is 16.8. The van der Waals surface area contributed by atoms with E-state index < -0.39 is 4.92 Å². The number of thiocarbonyl (C=S) groups is 1. The minimum absolute atomic E-state index is 0.129. The molecule has 0 saturated carbocycles. The standard InChI is InChI=1S/C21H11ClN2O6S2/c22-11-1-4-14(15(7-11)24(26)27)16-6-3-13(30-16)9-19-20(25)23(21(31)32-19)12-2-5-17-18(8-12)29-10-28-17/h1-9H,10H2/b19-9+. The maximum absolute atomic E-state index is 13.0. The monoisotopic (exact) mass is 486 g/mol. The van der Waals surface area contributed by atoms with Gasteiger partial charge in [0, 0.05) is 23.2 Å². The van der Waals surface area contributed by atoms with Crippen molar-refractivity contribution in [3.05, 3.63) is 74.3 Å². The zero-order valence-electron chi connectivity index (χ0n) is 15.9. The van der Waals surface area contributed by atoms with Crippen LogP contribution in [0.1, 0.15) is 5.76 Å². The van der Waals surface area contributed by atoms with E-state index >= 15 is 0 Å². The molecule has 2 aliphatic rings. The number of nitrogens with zero attached hydrogens (tertiary/aromatic N) is 2. The lowest BCUT2D eigenvalue weighted by molar-refractivity contribution is -0.384. The highest BCUT2D eigenvalue weighted by Crippen LogP contribution is 2.41. The van der Waals surface area contributed by atoms with Gasteiger partial charge in [-0.2, -0.15) is 0 Å². The summed E-state index contributed by atoms with van der Waals surface area (Å²) in [6.45, 7) is 0.129. The lowest BCUT2D eigenvalue weighted by Crippen LogP contribution is -2.27. The third-order valence-corrected chi connectivity index (χ3v) is 6.27. The zero-order valence-corrected chi connectivity index (χ0v) is 18.3. The molecule has 0 bridgehead atoms. The maximum Gasteiger partial charge on any atom is 0.281 e. The molecule has 0 aliphatic carbocycles. The summed E-state index contributed by atoms with van der Waals surface area (Å²) in [6, 6.07) is 12.7. The summed E-state index contributed by atoms with van der Waals surface area (Å²) in [5, 5.41) is 11.6. The van der Waals surface area contributed by atoms with Crippen molar-refractivity contribution < 1.29 is 23.6 Å². The molecular formula is C21H11ClN2O6S2. The largest absolute Gasteiger partial charge is 0.456 e. The highest BCUT2D eigenvalue weighted by molar-refractivity contribution is 8.27. The van der Waals surface area contributed by atoms with Gasteiger partial charge in [0.15, 0.2) is 15.8 Å². The number of rotatable bonds is 4. The van der Waals surface area contributed by atoms with Crippen molar-refractivity contribution in [1.29, 1.82) is 0 Å². The molecule has 32 heavy (non-hydrogen) atoms. The van der Waals surface area contributed by atoms with Crippen molar-refractivity contribution in [2.75, 3.05) is 11.7 Å². The Morgan fingerprint density at radius 1 is 1.12 bits per heavy atom. The Morgan fingerprint density at radius 2 is 1.94 bits per heavy atom. The average molecular weight is 487 g/mol. The molecule has 0 spiro atoms. The first-order valence-corrected chi connectivity index (χ1v) is 10.7. The topological polar surface area (TPSA) is 95.0 Å². The third-order valence-electron chi connectivity index (χ3n) is 4.73. The van der Waals surface area contributed by atoms with E-state index in [4.69, 9.17) is 37.7 Å². The van der Waals surface area contributed by atoms with Crippen molar-refractivity contribution >= 4 is 63.3 Å². The molecule has 3 heterocycles. The number of fused-ring (bicyclic) bond motifs is 1. The molecule has 2 aliphatic heterocycles. The predicted molar refractivity (Wildman–Crippen MR) is 124 cm³/mol. The van der Waals surface area contributed by atoms with E-state index in [1.807, 2.05) is 0 Å². The molecule has 0 unspecified atom stereocenters. The number of thioether (sulfide) groups is 1. The molecule has 0 N–H and O–H groups in total. The second kappa shape index (κ2) is 7.97. The van der Waals surface area contributed by atoms with Gasteiger partial charge in [0.2, 0.25) is 6.79 Å². The summed E-state index contributed by atoms with van der Waals surface area (Å²) >= 11 is 12.4. The van der Waals surface area contributed by atoms with Crippen LogP contribution in [0.15, 0.2) is 57.9 Å². The van der Waals surface area contributed by atoms with Gasteiger partial charge in [-0.15, -0.1) is 0 Å². The van der Waals surface area contributed by atoms with Crippen LogP contribution in [0.25, 0.3) is 17.4 Å². The van der Waals surface area contributed by atoms with Crippen molar-refractivity contribution in [3.63, 3.8) is 0 Å². The number of nitro groups is 1. The summed E-state index contributed by atoms with van der Waals surface area (Å²) in [5.74, 6) is 1.48. The fraction of sp³-hybridized carbons (Fsp3) is 0.0476. The number of nitro benzene ring substituents is 1. The average Bonchev–Trinajstić information content (AvgIpc) is 3.47. The second-order valence-corrected chi connectivity index (χ2v) is 8.79. The van der Waals surface area contributed by atoms with Gasteiger partial charge in [-0.05, 0) is 36.4 Å². The Kier molecular flexibility index (Phi) is 5.12. The molecule has 11 heteroatoms. The summed E-state index contributed by atoms with van der Waals surface area (Å²) in [7, 11) is 0. The Labute approximate surface area is 195 Å². The maximum atomic E-state index is 13.0. The number of amides is 1. The van der Waals surface area contributed by atoms with Crippen LogP contribution >= 0.6 is 35.6 Å². The van der Waals surface area contributed by atoms with Crippen LogP contribution in [0.2, 0.25) is 5.02 Å². The smallest absolute Gasteiger partial charge is 0.281 e. The summed E-state index contributed by atoms with van der Waals surface area (Å²) in [6.07, 6.45) is 1.55. The first-order valence-electron chi connectivity index (χ1n) is 9.12. The van der Waals surface area contributed by atoms with Crippen LogP contribution in [0.3, 0.4) is 0 Å². The highest BCUT2D eigenvalue weighted by atomic mass is 35.5. The van der Waals surface area contributed by atoms with Crippen LogP contribution in [0.5, 0.6) is 11.5 Å². The van der Waals surface area contributed by atoms with Crippen molar-refractivity contribution in [2.45, 2.75) is 0 Å². The van der Waals surface area contributed by atoms with Gasteiger partial charge in [-0.3, -0.25) is 19.8 Å². The van der Waals surface area contributed by atoms with E-state index in [0.717, 1.165) is 11.8 Å². The number of carbonyl (C=O) groups is 1. The number of ether oxygens (including phenoxy) is 2. The van der Waals surface area contributed by atoms with Crippen molar-refractivity contribution in [2.24, 2.45) is 0 Å². The lowest BCUT2D eigenvalue weighted by atomic mass is 10.1. The van der Waals surface area contributed by atoms with Gasteiger partial charge in [0.1, 0.15) is 11.5 Å². The number of halogens is 1. The highest BCUT2D eigenvalue weighted by Gasteiger charge is 2.34. The van der Waals surface area contributed by atoms with Crippen LogP contribution in [0, 0.1) is 10.1 Å². The van der Waals surface area contributed by atoms with Crippen LogP contribution < -0.4 is 14.4 Å². The summed E-state index contributed by atoms with van der Waals surface area (Å²) in [4.78, 5) is 25.6. The zero-order chi connectivity index (χ0) is 22.4. The minimum atomic E-state index is -0.528. The van der Waals surface area contributed by atoms with Crippen molar-refractivity contribution in [1.82, 2.24) is 0 Å². The first kappa shape index (κ1) is 20.6. The molecule has 0 radical (unpaired) electrons. The number of benzene rings is 2. The molecule has 3 aromatic rings. The van der Waals surface area contributed by atoms with E-state index in [9.17, 15) is 14.9 Å². The third kappa shape index (κ3) is 3.62. The van der Waals surface area contributed by atoms with E-state index in [2.05, 4.69) is 0 Å². The predicted octanol–water partition coefficient (Wildman–Crippen LogP) is 5.64. The molecule has 0 atom stereocenters. The molecular weight excluding hydrogens is 476 g/mol. The number of furan rings is 1. The van der Waals surface area contributed by atoms with Gasteiger partial charge in [0.25, 0.3) is 11.6 Å². The Morgan fingerprint density at radius 3 is 2.75 bits per heavy atom. The van der Waals surface area contributed by atoms with Gasteiger partial charge in [0.05, 0.1) is 21.1 Å². The number of hydrogen-bond acceptors (Lipinski definition) is 8. The quantitative estimate of drug-likeness (QED) is 0.202. The van der Waals surface area contributed by atoms with Gasteiger partial charge in [-0.25, -0.2) is 0 Å². The van der Waals surface area contributed by atoms with E-state index in [1.54, 1.807) is 42.5 Å². The number of anilines is 1.